The van der Waals surface area contributed by atoms with E-state index in [0.717, 1.165) is 19.3 Å². The highest BCUT2D eigenvalue weighted by molar-refractivity contribution is 5.76. The molecule has 0 aromatic heterocycles. The first-order chi connectivity index (χ1) is 7.58. The summed E-state index contributed by atoms with van der Waals surface area (Å²) >= 11 is 0. The van der Waals surface area contributed by atoms with Crippen LogP contribution in [0.4, 0.5) is 0 Å². The Bertz CT molecular complexity index is 325. The molecule has 0 saturated carbocycles. The number of nitrogens with one attached hydrogen (secondary N) is 1. The molecule has 2 heteroatoms. The Morgan fingerprint density at radius 2 is 1.75 bits per heavy atom. The first-order valence-corrected chi connectivity index (χ1v) is 5.98. The molecule has 16 heavy (non-hydrogen) atoms. The minimum absolute atomic E-state index is 0.288. The number of nitrogens with two attached hydrogens (primary N) is 1. The molecule has 0 radical (unpaired) electrons. The van der Waals surface area contributed by atoms with Gasteiger partial charge in [-0.2, -0.15) is 0 Å². The molecule has 0 heterocycles. The normalized spacial score (nSPS) is 10.7. The summed E-state index contributed by atoms with van der Waals surface area (Å²) in [7, 11) is 0. The summed E-state index contributed by atoms with van der Waals surface area (Å²) in [6.07, 6.45) is 3.84. The summed E-state index contributed by atoms with van der Waals surface area (Å²) in [6.45, 7) is 4.47. The first-order valence-electron chi connectivity index (χ1n) is 5.98. The van der Waals surface area contributed by atoms with Crippen LogP contribution >= 0.6 is 0 Å². The topological polar surface area (TPSA) is 49.9 Å². The highest BCUT2D eigenvalue weighted by Crippen LogP contribution is 2.11. The zero-order chi connectivity index (χ0) is 12.0. The van der Waals surface area contributed by atoms with Crippen molar-refractivity contribution in [2.24, 2.45) is 11.7 Å². The van der Waals surface area contributed by atoms with Crippen molar-refractivity contribution < 1.29 is 0 Å². The third kappa shape index (κ3) is 4.96. The Balaban J connectivity index is 2.42. The predicted octanol–water partition coefficient (Wildman–Crippen LogP) is 3.14. The molecule has 0 bridgehead atoms. The van der Waals surface area contributed by atoms with Crippen LogP contribution in [-0.2, 0) is 12.8 Å². The second-order valence-electron chi connectivity index (χ2n) is 4.79. The standard InChI is InChI=1S/C14H22N2/c1-11(2)10-13-8-6-12(7-9-13)4-3-5-14(15)16/h6-9,11H,3-5,10H2,1-2H3,(H3,15,16). The molecular weight excluding hydrogens is 196 g/mol. The fourth-order valence-electron chi connectivity index (χ4n) is 1.80. The van der Waals surface area contributed by atoms with Crippen molar-refractivity contribution in [1.29, 1.82) is 5.41 Å². The van der Waals surface area contributed by atoms with Gasteiger partial charge in [-0.05, 0) is 36.3 Å². The van der Waals surface area contributed by atoms with Crippen LogP contribution in [0.15, 0.2) is 24.3 Å². The molecule has 0 spiro atoms. The molecule has 0 aliphatic rings. The quantitative estimate of drug-likeness (QED) is 0.559. The van der Waals surface area contributed by atoms with E-state index in [2.05, 4.69) is 38.1 Å². The molecule has 0 aliphatic heterocycles. The number of benzene rings is 1. The van der Waals surface area contributed by atoms with Gasteiger partial charge in [0.1, 0.15) is 0 Å². The first kappa shape index (κ1) is 12.8. The van der Waals surface area contributed by atoms with Crippen molar-refractivity contribution in [3.63, 3.8) is 0 Å². The van der Waals surface area contributed by atoms with Crippen LogP contribution in [0, 0.1) is 11.3 Å². The van der Waals surface area contributed by atoms with Gasteiger partial charge in [0.25, 0.3) is 0 Å². The van der Waals surface area contributed by atoms with Crippen molar-refractivity contribution in [3.8, 4) is 0 Å². The summed E-state index contributed by atoms with van der Waals surface area (Å²) in [6, 6.07) is 8.81. The van der Waals surface area contributed by atoms with E-state index in [4.69, 9.17) is 11.1 Å². The molecule has 1 rings (SSSR count). The van der Waals surface area contributed by atoms with Gasteiger partial charge in [-0.25, -0.2) is 0 Å². The average molecular weight is 218 g/mol. The van der Waals surface area contributed by atoms with Gasteiger partial charge in [-0.3, -0.25) is 5.41 Å². The van der Waals surface area contributed by atoms with E-state index < -0.39 is 0 Å². The van der Waals surface area contributed by atoms with Gasteiger partial charge in [-0.15, -0.1) is 0 Å². The Hall–Kier alpha value is -1.31. The fraction of sp³-hybridized carbons (Fsp3) is 0.500. The molecule has 0 unspecified atom stereocenters. The lowest BCUT2D eigenvalue weighted by Gasteiger charge is -2.06. The average Bonchev–Trinajstić information content (AvgIpc) is 2.19. The number of hydrogen-bond acceptors (Lipinski definition) is 1. The van der Waals surface area contributed by atoms with Crippen LogP contribution in [0.3, 0.4) is 0 Å². The highest BCUT2D eigenvalue weighted by Gasteiger charge is 1.99. The molecule has 1 aromatic rings. The summed E-state index contributed by atoms with van der Waals surface area (Å²) < 4.78 is 0. The minimum Gasteiger partial charge on any atom is -0.388 e. The van der Waals surface area contributed by atoms with Crippen molar-refractivity contribution in [3.05, 3.63) is 35.4 Å². The molecule has 1 aromatic carbocycles. The zero-order valence-electron chi connectivity index (χ0n) is 10.3. The van der Waals surface area contributed by atoms with Crippen molar-refractivity contribution >= 4 is 5.84 Å². The van der Waals surface area contributed by atoms with Crippen LogP contribution in [0.5, 0.6) is 0 Å². The second-order valence-corrected chi connectivity index (χ2v) is 4.79. The molecule has 0 aliphatic carbocycles. The fourth-order valence-corrected chi connectivity index (χ4v) is 1.80. The largest absolute Gasteiger partial charge is 0.388 e. The molecule has 3 N–H and O–H groups in total. The van der Waals surface area contributed by atoms with Crippen LogP contribution < -0.4 is 5.73 Å². The van der Waals surface area contributed by atoms with E-state index in [1.807, 2.05) is 0 Å². The lowest BCUT2D eigenvalue weighted by Crippen LogP contribution is -2.09. The molecule has 0 saturated heterocycles. The molecule has 0 fully saturated rings. The number of rotatable bonds is 6. The molecule has 0 amide bonds. The van der Waals surface area contributed by atoms with E-state index in [9.17, 15) is 0 Å². The van der Waals surface area contributed by atoms with E-state index in [0.29, 0.717) is 12.3 Å². The van der Waals surface area contributed by atoms with Crippen LogP contribution in [0.2, 0.25) is 0 Å². The van der Waals surface area contributed by atoms with Crippen LogP contribution in [0.25, 0.3) is 0 Å². The van der Waals surface area contributed by atoms with Gasteiger partial charge in [0.05, 0.1) is 5.84 Å². The smallest absolute Gasteiger partial charge is 0.0905 e. The van der Waals surface area contributed by atoms with Gasteiger partial charge < -0.3 is 5.73 Å². The lowest BCUT2D eigenvalue weighted by atomic mass is 10.00. The van der Waals surface area contributed by atoms with Crippen molar-refractivity contribution in [2.45, 2.75) is 39.5 Å². The summed E-state index contributed by atoms with van der Waals surface area (Å²) in [5.41, 5.74) is 8.07. The molecule has 0 atom stereocenters. The third-order valence-corrected chi connectivity index (χ3v) is 2.58. The van der Waals surface area contributed by atoms with E-state index in [1.54, 1.807) is 0 Å². The summed E-state index contributed by atoms with van der Waals surface area (Å²) in [5.74, 6) is 1.000. The monoisotopic (exact) mass is 218 g/mol. The lowest BCUT2D eigenvalue weighted by molar-refractivity contribution is 0.647. The van der Waals surface area contributed by atoms with Crippen LogP contribution in [-0.4, -0.2) is 5.84 Å². The van der Waals surface area contributed by atoms with Crippen LogP contribution in [0.1, 0.15) is 37.8 Å². The Morgan fingerprint density at radius 1 is 1.19 bits per heavy atom. The summed E-state index contributed by atoms with van der Waals surface area (Å²) in [4.78, 5) is 0. The van der Waals surface area contributed by atoms with E-state index in [1.165, 1.54) is 11.1 Å². The van der Waals surface area contributed by atoms with Gasteiger partial charge in [0.15, 0.2) is 0 Å². The molecule has 88 valence electrons. The highest BCUT2D eigenvalue weighted by atomic mass is 14.7. The Morgan fingerprint density at radius 3 is 2.25 bits per heavy atom. The Labute approximate surface area is 98.4 Å². The maximum Gasteiger partial charge on any atom is 0.0905 e. The van der Waals surface area contributed by atoms with Crippen molar-refractivity contribution in [1.82, 2.24) is 0 Å². The van der Waals surface area contributed by atoms with Gasteiger partial charge in [0, 0.05) is 6.42 Å². The second kappa shape index (κ2) is 6.31. The van der Waals surface area contributed by atoms with Gasteiger partial charge in [0.2, 0.25) is 0 Å². The zero-order valence-corrected chi connectivity index (χ0v) is 10.3. The maximum atomic E-state index is 7.15. The number of hydrogen-bond donors (Lipinski definition) is 2. The van der Waals surface area contributed by atoms with Gasteiger partial charge in [-0.1, -0.05) is 38.1 Å². The molecule has 2 nitrogen and oxygen atoms in total. The van der Waals surface area contributed by atoms with E-state index in [-0.39, 0.29) is 5.84 Å². The SMILES string of the molecule is CC(C)Cc1ccc(CCCC(=N)N)cc1. The number of aryl methyl sites for hydroxylation is 1. The van der Waals surface area contributed by atoms with Crippen molar-refractivity contribution in [2.75, 3.05) is 0 Å². The maximum absolute atomic E-state index is 7.15. The minimum atomic E-state index is 0.288. The molecular formula is C14H22N2. The number of amidine groups is 1. The third-order valence-electron chi connectivity index (χ3n) is 2.58. The summed E-state index contributed by atoms with van der Waals surface area (Å²) in [5, 5.41) is 7.15. The van der Waals surface area contributed by atoms with Gasteiger partial charge >= 0.3 is 0 Å². The Kier molecular flexibility index (Phi) is 5.03. The predicted molar refractivity (Wildman–Crippen MR) is 69.8 cm³/mol. The van der Waals surface area contributed by atoms with E-state index >= 15 is 0 Å².